The summed E-state index contributed by atoms with van der Waals surface area (Å²) in [5.74, 6) is -1.63. The van der Waals surface area contributed by atoms with Gasteiger partial charge in [-0.15, -0.1) is 0 Å². The van der Waals surface area contributed by atoms with Crippen LogP contribution in [-0.4, -0.2) is 38.9 Å². The largest absolute Gasteiger partial charge is 0.480 e. The van der Waals surface area contributed by atoms with Gasteiger partial charge in [-0.25, -0.2) is 4.79 Å². The SMILES string of the molecule is CC(=O)SCC(C(=O)NC(Cc1c[nH]c2ccc(C)cc12)C(=O)O)C1CCc2cc(Br)ccc21. The van der Waals surface area contributed by atoms with Crippen LogP contribution in [-0.2, 0) is 27.2 Å². The number of carbonyl (C=O) groups is 3. The number of carbonyl (C=O) groups excluding carboxylic acids is 2. The summed E-state index contributed by atoms with van der Waals surface area (Å²) in [5, 5.41) is 13.6. The Balaban J connectivity index is 1.57. The standard InChI is InChI=1S/C26H27BrN2O4S/c1-14-3-8-23-21(9-14)17(12-28-23)11-24(26(32)33)29-25(31)22(13-34-15(2)30)20-6-4-16-10-18(27)5-7-19(16)20/h3,5,7-10,12,20,22,24,28H,4,6,11,13H2,1-2H3,(H,29,31)(H,32,33). The number of nitrogens with one attached hydrogen (secondary N) is 2. The molecule has 0 aliphatic heterocycles. The fourth-order valence-electron chi connectivity index (χ4n) is 4.78. The topological polar surface area (TPSA) is 99.3 Å². The molecule has 0 bridgehead atoms. The summed E-state index contributed by atoms with van der Waals surface area (Å²) in [6.45, 7) is 3.47. The fraction of sp³-hybridized carbons (Fsp3) is 0.346. The van der Waals surface area contributed by atoms with Crippen LogP contribution in [0.15, 0.2) is 47.1 Å². The molecule has 2 aromatic carbocycles. The number of amides is 1. The quantitative estimate of drug-likeness (QED) is 0.373. The summed E-state index contributed by atoms with van der Waals surface area (Å²) in [6, 6.07) is 11.0. The third-order valence-corrected chi connectivity index (χ3v) is 7.90. The van der Waals surface area contributed by atoms with Gasteiger partial charge in [-0.1, -0.05) is 45.4 Å². The highest BCUT2D eigenvalue weighted by Crippen LogP contribution is 2.41. The minimum absolute atomic E-state index is 0.0554. The van der Waals surface area contributed by atoms with Crippen LogP contribution in [0.25, 0.3) is 10.9 Å². The van der Waals surface area contributed by atoms with Crippen molar-refractivity contribution in [3.05, 3.63) is 69.3 Å². The van der Waals surface area contributed by atoms with E-state index in [1.54, 1.807) is 6.20 Å². The van der Waals surface area contributed by atoms with Gasteiger partial charge in [0, 0.05) is 40.7 Å². The van der Waals surface area contributed by atoms with E-state index in [0.717, 1.165) is 56.7 Å². The van der Waals surface area contributed by atoms with Gasteiger partial charge in [0.1, 0.15) is 6.04 Å². The lowest BCUT2D eigenvalue weighted by Crippen LogP contribution is -2.46. The average molecular weight is 543 g/mol. The van der Waals surface area contributed by atoms with E-state index in [1.807, 2.05) is 37.3 Å². The highest BCUT2D eigenvalue weighted by Gasteiger charge is 2.36. The molecule has 8 heteroatoms. The molecule has 0 saturated carbocycles. The number of H-pyrrole nitrogens is 1. The molecule has 1 amide bonds. The number of aryl methyl sites for hydroxylation is 2. The molecule has 4 rings (SSSR count). The van der Waals surface area contributed by atoms with E-state index in [2.05, 4.69) is 32.3 Å². The summed E-state index contributed by atoms with van der Waals surface area (Å²) in [5.41, 5.74) is 5.15. The Morgan fingerprint density at radius 1 is 1.24 bits per heavy atom. The third kappa shape index (κ3) is 5.39. The maximum atomic E-state index is 13.5. The first-order valence-electron chi connectivity index (χ1n) is 11.2. The van der Waals surface area contributed by atoms with Crippen LogP contribution in [0.3, 0.4) is 0 Å². The zero-order valence-electron chi connectivity index (χ0n) is 19.1. The van der Waals surface area contributed by atoms with E-state index in [-0.39, 0.29) is 23.4 Å². The van der Waals surface area contributed by atoms with Crippen molar-refractivity contribution in [3.63, 3.8) is 0 Å². The maximum Gasteiger partial charge on any atom is 0.326 e. The van der Waals surface area contributed by atoms with Gasteiger partial charge in [0.2, 0.25) is 5.91 Å². The highest BCUT2D eigenvalue weighted by atomic mass is 79.9. The van der Waals surface area contributed by atoms with Crippen LogP contribution in [0.1, 0.15) is 41.5 Å². The summed E-state index contributed by atoms with van der Waals surface area (Å²) >= 11 is 4.62. The molecule has 0 saturated heterocycles. The molecule has 3 N–H and O–H groups in total. The first kappa shape index (κ1) is 24.5. The molecular weight excluding hydrogens is 516 g/mol. The number of aliphatic carboxylic acids is 1. The molecule has 178 valence electrons. The van der Waals surface area contributed by atoms with Crippen molar-refractivity contribution >= 4 is 55.6 Å². The fourth-order valence-corrected chi connectivity index (χ4v) is 5.99. The smallest absolute Gasteiger partial charge is 0.326 e. The van der Waals surface area contributed by atoms with Crippen molar-refractivity contribution < 1.29 is 19.5 Å². The predicted octanol–water partition coefficient (Wildman–Crippen LogP) is 4.98. The van der Waals surface area contributed by atoms with Crippen LogP contribution in [0.2, 0.25) is 0 Å². The second-order valence-corrected chi connectivity index (χ2v) is 11.0. The van der Waals surface area contributed by atoms with Gasteiger partial charge in [-0.05, 0) is 66.6 Å². The molecule has 6 nitrogen and oxygen atoms in total. The summed E-state index contributed by atoms with van der Waals surface area (Å²) in [4.78, 5) is 40.5. The lowest BCUT2D eigenvalue weighted by Gasteiger charge is -2.25. The first-order valence-corrected chi connectivity index (χ1v) is 13.0. The van der Waals surface area contributed by atoms with Crippen LogP contribution in [0.4, 0.5) is 0 Å². The van der Waals surface area contributed by atoms with Gasteiger partial charge in [0.25, 0.3) is 0 Å². The second kappa shape index (κ2) is 10.4. The first-order chi connectivity index (χ1) is 16.2. The average Bonchev–Trinajstić information content (AvgIpc) is 3.37. The van der Waals surface area contributed by atoms with E-state index >= 15 is 0 Å². The molecule has 3 aromatic rings. The van der Waals surface area contributed by atoms with Crippen molar-refractivity contribution in [1.29, 1.82) is 0 Å². The molecule has 3 atom stereocenters. The molecular formula is C26H27BrN2O4S. The number of benzene rings is 2. The second-order valence-electron chi connectivity index (χ2n) is 8.86. The molecule has 34 heavy (non-hydrogen) atoms. The number of carboxylic acids is 1. The summed E-state index contributed by atoms with van der Waals surface area (Å²) < 4.78 is 0.992. The van der Waals surface area contributed by atoms with Crippen LogP contribution in [0.5, 0.6) is 0 Å². The number of aromatic nitrogens is 1. The molecule has 3 unspecified atom stereocenters. The zero-order chi connectivity index (χ0) is 24.4. The van der Waals surface area contributed by atoms with Crippen molar-refractivity contribution in [1.82, 2.24) is 10.3 Å². The Labute approximate surface area is 211 Å². The van der Waals surface area contributed by atoms with Crippen molar-refractivity contribution in [2.75, 3.05) is 5.75 Å². The van der Waals surface area contributed by atoms with E-state index in [1.165, 1.54) is 12.5 Å². The van der Waals surface area contributed by atoms with E-state index in [4.69, 9.17) is 0 Å². The molecule has 1 aromatic heterocycles. The van der Waals surface area contributed by atoms with Gasteiger partial charge < -0.3 is 15.4 Å². The lowest BCUT2D eigenvalue weighted by molar-refractivity contribution is -0.142. The molecule has 0 fully saturated rings. The van der Waals surface area contributed by atoms with Crippen LogP contribution >= 0.6 is 27.7 Å². The molecule has 1 heterocycles. The van der Waals surface area contributed by atoms with Crippen LogP contribution < -0.4 is 5.32 Å². The number of rotatable bonds is 8. The molecule has 1 aliphatic rings. The molecule has 1 aliphatic carbocycles. The Kier molecular flexibility index (Phi) is 7.48. The minimum Gasteiger partial charge on any atom is -0.480 e. The number of hydrogen-bond acceptors (Lipinski definition) is 4. The monoisotopic (exact) mass is 542 g/mol. The zero-order valence-corrected chi connectivity index (χ0v) is 21.5. The van der Waals surface area contributed by atoms with Crippen molar-refractivity contribution in [2.45, 2.75) is 45.1 Å². The maximum absolute atomic E-state index is 13.5. The Morgan fingerprint density at radius 3 is 2.76 bits per heavy atom. The minimum atomic E-state index is -1.08. The number of thioether (sulfide) groups is 1. The van der Waals surface area contributed by atoms with Crippen LogP contribution in [0, 0.1) is 12.8 Å². The van der Waals surface area contributed by atoms with E-state index < -0.39 is 17.9 Å². The summed E-state index contributed by atoms with van der Waals surface area (Å²) in [7, 11) is 0. The van der Waals surface area contributed by atoms with Gasteiger partial charge in [-0.2, -0.15) is 0 Å². The number of fused-ring (bicyclic) bond motifs is 2. The Bertz CT molecular complexity index is 1250. The lowest BCUT2D eigenvalue weighted by atomic mass is 9.87. The van der Waals surface area contributed by atoms with E-state index in [0.29, 0.717) is 5.75 Å². The highest BCUT2D eigenvalue weighted by molar-refractivity contribution is 9.10. The third-order valence-electron chi connectivity index (χ3n) is 6.48. The van der Waals surface area contributed by atoms with E-state index in [9.17, 15) is 19.5 Å². The predicted molar refractivity (Wildman–Crippen MR) is 138 cm³/mol. The molecule has 0 spiro atoms. The number of aromatic amines is 1. The van der Waals surface area contributed by atoms with Crippen molar-refractivity contribution in [2.24, 2.45) is 5.92 Å². The Morgan fingerprint density at radius 2 is 2.03 bits per heavy atom. The number of carboxylic acid groups (broad SMARTS) is 1. The van der Waals surface area contributed by atoms with Crippen molar-refractivity contribution in [3.8, 4) is 0 Å². The molecule has 0 radical (unpaired) electrons. The van der Waals surface area contributed by atoms with Gasteiger partial charge >= 0.3 is 5.97 Å². The normalized spacial score (nSPS) is 16.7. The Hall–Kier alpha value is -2.58. The number of hydrogen-bond donors (Lipinski definition) is 3. The van der Waals surface area contributed by atoms with Gasteiger partial charge in [-0.3, -0.25) is 9.59 Å². The number of halogens is 1. The van der Waals surface area contributed by atoms with Gasteiger partial charge in [0.15, 0.2) is 5.12 Å². The summed E-state index contributed by atoms with van der Waals surface area (Å²) in [6.07, 6.45) is 3.62. The van der Waals surface area contributed by atoms with Gasteiger partial charge in [0.05, 0.1) is 5.92 Å².